The Balaban J connectivity index is 2.25. The third kappa shape index (κ3) is 7.91. The molecule has 1 saturated heterocycles. The zero-order chi connectivity index (χ0) is 26.6. The van der Waals surface area contributed by atoms with Crippen molar-refractivity contribution in [2.75, 3.05) is 20.2 Å². The van der Waals surface area contributed by atoms with E-state index in [1.165, 1.54) is 11.9 Å². The second kappa shape index (κ2) is 14.0. The van der Waals surface area contributed by atoms with Gasteiger partial charge >= 0.3 is 0 Å². The van der Waals surface area contributed by atoms with Gasteiger partial charge in [0.2, 0.25) is 0 Å². The van der Waals surface area contributed by atoms with Crippen molar-refractivity contribution in [1.82, 2.24) is 14.9 Å². The van der Waals surface area contributed by atoms with Crippen molar-refractivity contribution in [1.29, 1.82) is 5.26 Å². The van der Waals surface area contributed by atoms with Crippen LogP contribution in [0.5, 0.6) is 0 Å². The first-order valence-electron chi connectivity index (χ1n) is 12.4. The van der Waals surface area contributed by atoms with Gasteiger partial charge in [0.25, 0.3) is 5.91 Å². The van der Waals surface area contributed by atoms with Crippen LogP contribution < -0.4 is 0 Å². The SMILES string of the molecule is C=C(/C=C\C(=C/C)CC1(C#N)CCN(C(=O)C(/C=C\C=C(/C)CC)=C(/C)c2ccncn2)CC1)OC. The number of carbonyl (C=O) groups is 1. The molecule has 1 aromatic rings. The number of methoxy groups -OCH3 is 1. The minimum atomic E-state index is -0.514. The number of ether oxygens (including phenoxy) is 1. The molecule has 36 heavy (non-hydrogen) atoms. The van der Waals surface area contributed by atoms with Crippen molar-refractivity contribution in [3.63, 3.8) is 0 Å². The summed E-state index contributed by atoms with van der Waals surface area (Å²) in [6.45, 7) is 12.9. The zero-order valence-corrected chi connectivity index (χ0v) is 22.3. The summed E-state index contributed by atoms with van der Waals surface area (Å²) in [5.74, 6) is 0.523. The lowest BCUT2D eigenvalue weighted by molar-refractivity contribution is -0.128. The van der Waals surface area contributed by atoms with Crippen LogP contribution in [0.1, 0.15) is 59.1 Å². The summed E-state index contributed by atoms with van der Waals surface area (Å²) in [4.78, 5) is 23.9. The number of carbonyl (C=O) groups excluding carboxylic acids is 1. The predicted octanol–water partition coefficient (Wildman–Crippen LogP) is 6.35. The summed E-state index contributed by atoms with van der Waals surface area (Å²) in [7, 11) is 1.58. The van der Waals surface area contributed by atoms with Crippen molar-refractivity contribution >= 4 is 11.5 Å². The number of hydrogen-bond donors (Lipinski definition) is 0. The van der Waals surface area contributed by atoms with Crippen LogP contribution in [0, 0.1) is 16.7 Å². The van der Waals surface area contributed by atoms with Crippen molar-refractivity contribution in [2.45, 2.75) is 53.4 Å². The first-order chi connectivity index (χ1) is 17.3. The minimum Gasteiger partial charge on any atom is -0.497 e. The van der Waals surface area contributed by atoms with E-state index in [2.05, 4.69) is 36.5 Å². The summed E-state index contributed by atoms with van der Waals surface area (Å²) < 4.78 is 5.11. The van der Waals surface area contributed by atoms with Crippen LogP contribution in [0.4, 0.5) is 0 Å². The highest BCUT2D eigenvalue weighted by molar-refractivity contribution is 6.03. The molecule has 1 fully saturated rings. The summed E-state index contributed by atoms with van der Waals surface area (Å²) >= 11 is 0. The summed E-state index contributed by atoms with van der Waals surface area (Å²) in [5.41, 5.74) is 3.90. The molecule has 0 saturated carbocycles. The van der Waals surface area contributed by atoms with E-state index >= 15 is 0 Å². The number of nitrogens with zero attached hydrogens (tertiary/aromatic N) is 4. The van der Waals surface area contributed by atoms with Crippen LogP contribution in [0.25, 0.3) is 5.57 Å². The molecular formula is C30H38N4O2. The molecule has 1 amide bonds. The molecular weight excluding hydrogens is 448 g/mol. The van der Waals surface area contributed by atoms with E-state index < -0.39 is 5.41 Å². The van der Waals surface area contributed by atoms with Crippen molar-refractivity contribution in [3.8, 4) is 6.07 Å². The Hall–Kier alpha value is -3.72. The molecule has 0 atom stereocenters. The molecule has 0 spiro atoms. The van der Waals surface area contributed by atoms with Gasteiger partial charge in [-0.2, -0.15) is 5.26 Å². The Labute approximate surface area is 216 Å². The van der Waals surface area contributed by atoms with E-state index in [0.29, 0.717) is 43.7 Å². The van der Waals surface area contributed by atoms with Gasteiger partial charge in [-0.05, 0) is 70.2 Å². The van der Waals surface area contributed by atoms with Crippen LogP contribution >= 0.6 is 0 Å². The summed E-state index contributed by atoms with van der Waals surface area (Å²) in [5, 5.41) is 10.1. The molecule has 2 heterocycles. The Kier molecular flexibility index (Phi) is 11.1. The van der Waals surface area contributed by atoms with Gasteiger partial charge in [0.15, 0.2) is 0 Å². The van der Waals surface area contributed by atoms with Gasteiger partial charge in [0.05, 0.1) is 24.3 Å². The molecule has 0 N–H and O–H groups in total. The number of allylic oxidation sites excluding steroid dienone is 8. The molecule has 1 aliphatic rings. The smallest absolute Gasteiger partial charge is 0.254 e. The normalized spacial score (nSPS) is 17.2. The van der Waals surface area contributed by atoms with Crippen LogP contribution in [0.2, 0.25) is 0 Å². The molecule has 0 aliphatic carbocycles. The summed E-state index contributed by atoms with van der Waals surface area (Å²) in [6, 6.07) is 4.37. The molecule has 0 bridgehead atoms. The highest BCUT2D eigenvalue weighted by atomic mass is 16.5. The molecule has 190 valence electrons. The van der Waals surface area contributed by atoms with Crippen LogP contribution in [0.15, 0.2) is 84.1 Å². The molecule has 6 nitrogen and oxygen atoms in total. The number of aromatic nitrogens is 2. The van der Waals surface area contributed by atoms with E-state index in [1.54, 1.807) is 13.3 Å². The first-order valence-corrected chi connectivity index (χ1v) is 12.4. The van der Waals surface area contributed by atoms with E-state index in [9.17, 15) is 10.1 Å². The number of likely N-dealkylation sites (tertiary alicyclic amines) is 1. The third-order valence-corrected chi connectivity index (χ3v) is 6.71. The largest absolute Gasteiger partial charge is 0.497 e. The zero-order valence-electron chi connectivity index (χ0n) is 22.3. The number of nitriles is 1. The van der Waals surface area contributed by atoms with Crippen LogP contribution in [-0.4, -0.2) is 41.0 Å². The van der Waals surface area contributed by atoms with Crippen molar-refractivity contribution < 1.29 is 9.53 Å². The molecule has 0 radical (unpaired) electrons. The maximum Gasteiger partial charge on any atom is 0.254 e. The topological polar surface area (TPSA) is 79.1 Å². The molecule has 6 heteroatoms. The average Bonchev–Trinajstić information content (AvgIpc) is 2.93. The van der Waals surface area contributed by atoms with Crippen molar-refractivity contribution in [3.05, 3.63) is 89.8 Å². The lowest BCUT2D eigenvalue weighted by atomic mass is 9.74. The van der Waals surface area contributed by atoms with E-state index in [1.807, 2.05) is 61.3 Å². The quantitative estimate of drug-likeness (QED) is 0.219. The van der Waals surface area contributed by atoms with Crippen molar-refractivity contribution in [2.24, 2.45) is 5.41 Å². The van der Waals surface area contributed by atoms with E-state index in [0.717, 1.165) is 23.3 Å². The lowest BCUT2D eigenvalue weighted by Gasteiger charge is -2.38. The number of amides is 1. The second-order valence-electron chi connectivity index (χ2n) is 9.09. The van der Waals surface area contributed by atoms with Gasteiger partial charge < -0.3 is 9.64 Å². The Bertz CT molecular complexity index is 1110. The summed E-state index contributed by atoms with van der Waals surface area (Å²) in [6.07, 6.45) is 17.6. The molecule has 0 aromatic carbocycles. The van der Waals surface area contributed by atoms with E-state index in [-0.39, 0.29) is 5.91 Å². The Morgan fingerprint density at radius 3 is 2.56 bits per heavy atom. The maximum atomic E-state index is 13.7. The van der Waals surface area contributed by atoms with Gasteiger partial charge in [-0.15, -0.1) is 0 Å². The lowest BCUT2D eigenvalue weighted by Crippen LogP contribution is -2.43. The second-order valence-corrected chi connectivity index (χ2v) is 9.09. The fourth-order valence-corrected chi connectivity index (χ4v) is 3.99. The van der Waals surface area contributed by atoms with E-state index in [4.69, 9.17) is 4.74 Å². The first kappa shape index (κ1) is 28.5. The highest BCUT2D eigenvalue weighted by Gasteiger charge is 2.37. The fourth-order valence-electron chi connectivity index (χ4n) is 3.99. The standard InChI is InChI=1S/C30H38N4O2/c1-7-23(3)10-9-11-27(25(5)28-14-17-32-22-33-28)29(35)34-18-15-30(21-31,16-19-34)20-26(8-2)13-12-24(4)36-6/h8-14,17,22H,4,7,15-16,18-20H2,1-3,5-6H3/b11-9-,13-12-,23-10+,26-8+,27-25-. The predicted molar refractivity (Wildman–Crippen MR) is 145 cm³/mol. The van der Waals surface area contributed by atoms with Crippen LogP contribution in [-0.2, 0) is 9.53 Å². The molecule has 0 unspecified atom stereocenters. The Morgan fingerprint density at radius 2 is 2.00 bits per heavy atom. The third-order valence-electron chi connectivity index (χ3n) is 6.71. The molecule has 1 aromatic heterocycles. The van der Waals surface area contributed by atoms with Gasteiger partial charge in [0, 0.05) is 24.9 Å². The minimum absolute atomic E-state index is 0.0426. The molecule has 1 aliphatic heterocycles. The number of piperidine rings is 1. The monoisotopic (exact) mass is 486 g/mol. The van der Waals surface area contributed by atoms with Gasteiger partial charge in [-0.3, -0.25) is 4.79 Å². The van der Waals surface area contributed by atoms with Gasteiger partial charge in [-0.25, -0.2) is 9.97 Å². The molecule has 2 rings (SSSR count). The fraction of sp³-hybridized carbons (Fsp3) is 0.400. The van der Waals surface area contributed by atoms with Gasteiger partial charge in [0.1, 0.15) is 12.1 Å². The maximum absolute atomic E-state index is 13.7. The van der Waals surface area contributed by atoms with Gasteiger partial charge in [-0.1, -0.05) is 49.0 Å². The number of hydrogen-bond acceptors (Lipinski definition) is 5. The average molecular weight is 487 g/mol. The van der Waals surface area contributed by atoms with Crippen LogP contribution in [0.3, 0.4) is 0 Å². The number of rotatable bonds is 10. The highest BCUT2D eigenvalue weighted by Crippen LogP contribution is 2.38. The Morgan fingerprint density at radius 1 is 1.28 bits per heavy atom.